The maximum absolute atomic E-state index is 13.4. The predicted octanol–water partition coefficient (Wildman–Crippen LogP) is 1.55. The zero-order chi connectivity index (χ0) is 11.5. The first-order valence-electron chi connectivity index (χ1n) is 5.65. The van der Waals surface area contributed by atoms with Gasteiger partial charge in [0.1, 0.15) is 5.82 Å². The molecular formula is C12H18FN3. The Morgan fingerprint density at radius 3 is 2.75 bits per heavy atom. The molecule has 1 aromatic carbocycles. The van der Waals surface area contributed by atoms with E-state index in [2.05, 4.69) is 16.8 Å². The monoisotopic (exact) mass is 223 g/mol. The Morgan fingerprint density at radius 2 is 2.00 bits per heavy atom. The maximum Gasteiger partial charge on any atom is 0.148 e. The molecule has 1 aromatic rings. The van der Waals surface area contributed by atoms with Crippen LogP contribution in [0, 0.1) is 5.82 Å². The summed E-state index contributed by atoms with van der Waals surface area (Å²) in [5.74, 6) is -0.324. The van der Waals surface area contributed by atoms with Crippen molar-refractivity contribution in [2.45, 2.75) is 6.42 Å². The molecule has 0 unspecified atom stereocenters. The summed E-state index contributed by atoms with van der Waals surface area (Å²) in [6, 6.07) is 5.06. The highest BCUT2D eigenvalue weighted by molar-refractivity contribution is 5.54. The summed E-state index contributed by atoms with van der Waals surface area (Å²) in [4.78, 5) is 4.51. The van der Waals surface area contributed by atoms with Crippen molar-refractivity contribution in [2.24, 2.45) is 0 Å². The van der Waals surface area contributed by atoms with Crippen LogP contribution >= 0.6 is 0 Å². The number of nitrogen functional groups attached to an aromatic ring is 1. The number of anilines is 2. The van der Waals surface area contributed by atoms with Gasteiger partial charge in [-0.2, -0.15) is 0 Å². The number of likely N-dealkylation sites (N-methyl/N-ethyl adjacent to an activating group) is 1. The van der Waals surface area contributed by atoms with Crippen molar-refractivity contribution in [3.05, 3.63) is 24.0 Å². The third kappa shape index (κ3) is 2.44. The molecule has 1 aliphatic rings. The van der Waals surface area contributed by atoms with E-state index in [9.17, 15) is 4.39 Å². The van der Waals surface area contributed by atoms with E-state index in [1.165, 1.54) is 6.07 Å². The molecule has 0 spiro atoms. The standard InChI is InChI=1S/C12H18FN3/c1-15-5-2-6-16(8-7-15)10-3-4-12(14)11(13)9-10/h3-4,9H,2,5-8,14H2,1H3. The fraction of sp³-hybridized carbons (Fsp3) is 0.500. The first-order valence-corrected chi connectivity index (χ1v) is 5.65. The van der Waals surface area contributed by atoms with Gasteiger partial charge in [-0.15, -0.1) is 0 Å². The van der Waals surface area contributed by atoms with E-state index in [0.29, 0.717) is 0 Å². The molecule has 2 N–H and O–H groups in total. The molecule has 0 atom stereocenters. The molecule has 3 nitrogen and oxygen atoms in total. The van der Waals surface area contributed by atoms with Crippen LogP contribution < -0.4 is 10.6 Å². The molecule has 2 rings (SSSR count). The Balaban J connectivity index is 2.13. The minimum Gasteiger partial charge on any atom is -0.396 e. The molecule has 0 aromatic heterocycles. The summed E-state index contributed by atoms with van der Waals surface area (Å²) in [6.07, 6.45) is 1.11. The topological polar surface area (TPSA) is 32.5 Å². The second-order valence-corrected chi connectivity index (χ2v) is 4.35. The number of benzene rings is 1. The van der Waals surface area contributed by atoms with Crippen LogP contribution in [0.1, 0.15) is 6.42 Å². The number of nitrogens with zero attached hydrogens (tertiary/aromatic N) is 2. The average Bonchev–Trinajstić information content (AvgIpc) is 2.47. The minimum absolute atomic E-state index is 0.218. The lowest BCUT2D eigenvalue weighted by Crippen LogP contribution is -2.28. The predicted molar refractivity (Wildman–Crippen MR) is 65.1 cm³/mol. The minimum atomic E-state index is -0.324. The van der Waals surface area contributed by atoms with E-state index in [0.717, 1.165) is 38.3 Å². The van der Waals surface area contributed by atoms with Gasteiger partial charge < -0.3 is 15.5 Å². The van der Waals surface area contributed by atoms with Crippen LogP contribution in [0.3, 0.4) is 0 Å². The van der Waals surface area contributed by atoms with Gasteiger partial charge in [0.2, 0.25) is 0 Å². The van der Waals surface area contributed by atoms with Crippen molar-refractivity contribution >= 4 is 11.4 Å². The molecule has 88 valence electrons. The normalized spacial score (nSPS) is 18.5. The van der Waals surface area contributed by atoms with Crippen molar-refractivity contribution in [2.75, 3.05) is 43.9 Å². The van der Waals surface area contributed by atoms with Gasteiger partial charge in [-0.05, 0) is 38.2 Å². The molecule has 4 heteroatoms. The summed E-state index contributed by atoms with van der Waals surface area (Å²) in [7, 11) is 2.12. The van der Waals surface area contributed by atoms with Crippen molar-refractivity contribution in [1.29, 1.82) is 0 Å². The van der Waals surface area contributed by atoms with Crippen LogP contribution in [0.15, 0.2) is 18.2 Å². The van der Waals surface area contributed by atoms with Crippen molar-refractivity contribution in [1.82, 2.24) is 4.90 Å². The number of halogens is 1. The summed E-state index contributed by atoms with van der Waals surface area (Å²) >= 11 is 0. The lowest BCUT2D eigenvalue weighted by molar-refractivity contribution is 0.360. The van der Waals surface area contributed by atoms with E-state index in [-0.39, 0.29) is 11.5 Å². The quantitative estimate of drug-likeness (QED) is 0.733. The number of hydrogen-bond donors (Lipinski definition) is 1. The van der Waals surface area contributed by atoms with E-state index in [1.54, 1.807) is 6.07 Å². The highest BCUT2D eigenvalue weighted by Gasteiger charge is 2.13. The summed E-state index contributed by atoms with van der Waals surface area (Å²) in [5.41, 5.74) is 6.62. The fourth-order valence-electron chi connectivity index (χ4n) is 2.02. The van der Waals surface area contributed by atoms with Gasteiger partial charge in [-0.25, -0.2) is 4.39 Å². The van der Waals surface area contributed by atoms with Crippen molar-refractivity contribution in [3.63, 3.8) is 0 Å². The Labute approximate surface area is 95.6 Å². The molecule has 0 radical (unpaired) electrons. The van der Waals surface area contributed by atoms with Crippen LogP contribution in [-0.4, -0.2) is 38.1 Å². The Morgan fingerprint density at radius 1 is 1.19 bits per heavy atom. The molecule has 0 saturated carbocycles. The third-order valence-corrected chi connectivity index (χ3v) is 3.07. The summed E-state index contributed by atoms with van der Waals surface area (Å²) < 4.78 is 13.4. The molecule has 1 saturated heterocycles. The van der Waals surface area contributed by atoms with Crippen LogP contribution in [-0.2, 0) is 0 Å². The van der Waals surface area contributed by atoms with E-state index in [4.69, 9.17) is 5.73 Å². The summed E-state index contributed by atoms with van der Waals surface area (Å²) in [5, 5.41) is 0. The molecule has 16 heavy (non-hydrogen) atoms. The summed E-state index contributed by atoms with van der Waals surface area (Å²) in [6.45, 7) is 4.05. The van der Waals surface area contributed by atoms with Crippen LogP contribution in [0.5, 0.6) is 0 Å². The van der Waals surface area contributed by atoms with E-state index in [1.807, 2.05) is 6.07 Å². The third-order valence-electron chi connectivity index (χ3n) is 3.07. The van der Waals surface area contributed by atoms with Crippen molar-refractivity contribution < 1.29 is 4.39 Å². The van der Waals surface area contributed by atoms with Gasteiger partial charge in [0.05, 0.1) is 5.69 Å². The largest absolute Gasteiger partial charge is 0.396 e. The molecule has 1 aliphatic heterocycles. The Hall–Kier alpha value is -1.29. The first kappa shape index (κ1) is 11.2. The highest BCUT2D eigenvalue weighted by atomic mass is 19.1. The van der Waals surface area contributed by atoms with E-state index < -0.39 is 0 Å². The molecule has 1 heterocycles. The van der Waals surface area contributed by atoms with Crippen LogP contribution in [0.2, 0.25) is 0 Å². The smallest absolute Gasteiger partial charge is 0.148 e. The second kappa shape index (κ2) is 4.70. The van der Waals surface area contributed by atoms with Gasteiger partial charge >= 0.3 is 0 Å². The molecule has 0 aliphatic carbocycles. The number of nitrogens with two attached hydrogens (primary N) is 1. The fourth-order valence-corrected chi connectivity index (χ4v) is 2.02. The van der Waals surface area contributed by atoms with Crippen molar-refractivity contribution in [3.8, 4) is 0 Å². The SMILES string of the molecule is CN1CCCN(c2ccc(N)c(F)c2)CC1. The Bertz CT molecular complexity index is 367. The van der Waals surface area contributed by atoms with Crippen LogP contribution in [0.25, 0.3) is 0 Å². The lowest BCUT2D eigenvalue weighted by atomic mass is 10.2. The number of rotatable bonds is 1. The molecule has 0 amide bonds. The first-order chi connectivity index (χ1) is 7.66. The van der Waals surface area contributed by atoms with Gasteiger partial charge in [-0.1, -0.05) is 0 Å². The van der Waals surface area contributed by atoms with Gasteiger partial charge in [0, 0.05) is 25.3 Å². The Kier molecular flexibility index (Phi) is 3.29. The van der Waals surface area contributed by atoms with Gasteiger partial charge in [0.15, 0.2) is 0 Å². The molecule has 1 fully saturated rings. The van der Waals surface area contributed by atoms with Gasteiger partial charge in [0.25, 0.3) is 0 Å². The molecule has 0 bridgehead atoms. The van der Waals surface area contributed by atoms with Crippen LogP contribution in [0.4, 0.5) is 15.8 Å². The zero-order valence-corrected chi connectivity index (χ0v) is 9.62. The second-order valence-electron chi connectivity index (χ2n) is 4.35. The molecular weight excluding hydrogens is 205 g/mol. The van der Waals surface area contributed by atoms with Gasteiger partial charge in [-0.3, -0.25) is 0 Å². The number of hydrogen-bond acceptors (Lipinski definition) is 3. The average molecular weight is 223 g/mol. The lowest BCUT2D eigenvalue weighted by Gasteiger charge is -2.23. The van der Waals surface area contributed by atoms with E-state index >= 15 is 0 Å². The highest BCUT2D eigenvalue weighted by Crippen LogP contribution is 2.21. The maximum atomic E-state index is 13.4. The zero-order valence-electron chi connectivity index (χ0n) is 9.62.